The van der Waals surface area contributed by atoms with E-state index in [1.54, 1.807) is 0 Å². The van der Waals surface area contributed by atoms with Crippen molar-refractivity contribution in [3.8, 4) is 0 Å². The van der Waals surface area contributed by atoms with Gasteiger partial charge in [-0.15, -0.1) is 0 Å². The van der Waals surface area contributed by atoms with Crippen molar-refractivity contribution in [1.29, 1.82) is 0 Å². The van der Waals surface area contributed by atoms with Gasteiger partial charge in [0.2, 0.25) is 0 Å². The quantitative estimate of drug-likeness (QED) is 0.875. The van der Waals surface area contributed by atoms with E-state index in [0.717, 1.165) is 17.6 Å². The van der Waals surface area contributed by atoms with Crippen molar-refractivity contribution in [3.05, 3.63) is 28.8 Å². The summed E-state index contributed by atoms with van der Waals surface area (Å²) in [7, 11) is 2.20. The molecule has 3 rings (SSSR count). The summed E-state index contributed by atoms with van der Waals surface area (Å²) in [6.07, 6.45) is 6.64. The zero-order chi connectivity index (χ0) is 12.5. The molecule has 3 heteroatoms. The van der Waals surface area contributed by atoms with Crippen molar-refractivity contribution in [2.24, 2.45) is 0 Å². The van der Waals surface area contributed by atoms with Crippen LogP contribution in [0.15, 0.2) is 18.2 Å². The number of nitrogens with zero attached hydrogens (tertiary/aromatic N) is 1. The highest BCUT2D eigenvalue weighted by Crippen LogP contribution is 2.33. The molecule has 2 aliphatic carbocycles. The van der Waals surface area contributed by atoms with Crippen LogP contribution in [0.2, 0.25) is 5.02 Å². The van der Waals surface area contributed by atoms with Crippen LogP contribution in [0.1, 0.15) is 37.7 Å². The fourth-order valence-corrected chi connectivity index (χ4v) is 2.79. The zero-order valence-corrected chi connectivity index (χ0v) is 11.7. The smallest absolute Gasteiger partial charge is 0.0471 e. The third-order valence-electron chi connectivity index (χ3n) is 4.24. The monoisotopic (exact) mass is 264 g/mol. The van der Waals surface area contributed by atoms with Gasteiger partial charge in [-0.2, -0.15) is 0 Å². The second kappa shape index (κ2) is 5.10. The normalized spacial score (nSPS) is 19.7. The summed E-state index contributed by atoms with van der Waals surface area (Å²) in [6.45, 7) is 0.900. The predicted molar refractivity (Wildman–Crippen MR) is 77.4 cm³/mol. The van der Waals surface area contributed by atoms with E-state index >= 15 is 0 Å². The molecule has 18 heavy (non-hydrogen) atoms. The van der Waals surface area contributed by atoms with Crippen LogP contribution in [0.25, 0.3) is 0 Å². The Bertz CT molecular complexity index is 425. The van der Waals surface area contributed by atoms with Crippen LogP contribution in [0.4, 0.5) is 5.69 Å². The first-order chi connectivity index (χ1) is 8.75. The van der Waals surface area contributed by atoms with E-state index in [1.807, 2.05) is 6.07 Å². The largest absolute Gasteiger partial charge is 0.371 e. The summed E-state index contributed by atoms with van der Waals surface area (Å²) < 4.78 is 0. The minimum Gasteiger partial charge on any atom is -0.371 e. The first-order valence-corrected chi connectivity index (χ1v) is 7.37. The summed E-state index contributed by atoms with van der Waals surface area (Å²) >= 11 is 6.38. The van der Waals surface area contributed by atoms with Gasteiger partial charge >= 0.3 is 0 Å². The van der Waals surface area contributed by atoms with Crippen LogP contribution in [0, 0.1) is 0 Å². The van der Waals surface area contributed by atoms with E-state index < -0.39 is 0 Å². The molecule has 2 nitrogen and oxygen atoms in total. The molecule has 98 valence electrons. The van der Waals surface area contributed by atoms with E-state index in [9.17, 15) is 0 Å². The first kappa shape index (κ1) is 12.3. The topological polar surface area (TPSA) is 15.3 Å². The fraction of sp³-hybridized carbons (Fsp3) is 0.600. The van der Waals surface area contributed by atoms with Crippen molar-refractivity contribution in [2.45, 2.75) is 50.7 Å². The molecule has 2 aliphatic rings. The van der Waals surface area contributed by atoms with Crippen LogP contribution in [0.3, 0.4) is 0 Å². The van der Waals surface area contributed by atoms with Crippen molar-refractivity contribution in [2.75, 3.05) is 11.9 Å². The number of benzene rings is 1. The Balaban J connectivity index is 1.79. The first-order valence-electron chi connectivity index (χ1n) is 6.99. The lowest BCUT2D eigenvalue weighted by Crippen LogP contribution is -2.38. The van der Waals surface area contributed by atoms with Gasteiger partial charge in [-0.25, -0.2) is 0 Å². The van der Waals surface area contributed by atoms with E-state index in [2.05, 4.69) is 29.4 Å². The number of halogens is 1. The predicted octanol–water partition coefficient (Wildman–Crippen LogP) is 3.58. The standard InChI is InChI=1S/C15H21ClN2/c1-18(12-4-2-5-12)15-7-3-6-14(16)13(15)10-17-11-8-9-11/h3,6-7,11-12,17H,2,4-5,8-10H2,1H3. The van der Waals surface area contributed by atoms with Gasteiger partial charge < -0.3 is 10.2 Å². The molecule has 2 fully saturated rings. The summed E-state index contributed by atoms with van der Waals surface area (Å²) in [6, 6.07) is 7.71. The fourth-order valence-electron chi connectivity index (χ4n) is 2.56. The Morgan fingerprint density at radius 3 is 2.67 bits per heavy atom. The van der Waals surface area contributed by atoms with Crippen molar-refractivity contribution >= 4 is 17.3 Å². The summed E-state index contributed by atoms with van der Waals surface area (Å²) in [5.41, 5.74) is 2.57. The Kier molecular flexibility index (Phi) is 3.49. The highest BCUT2D eigenvalue weighted by molar-refractivity contribution is 6.31. The van der Waals surface area contributed by atoms with Crippen molar-refractivity contribution < 1.29 is 0 Å². The summed E-state index contributed by atoms with van der Waals surface area (Å²) in [5.74, 6) is 0. The molecule has 0 atom stereocenters. The summed E-state index contributed by atoms with van der Waals surface area (Å²) in [4.78, 5) is 2.42. The van der Waals surface area contributed by atoms with Gasteiger partial charge in [0.15, 0.2) is 0 Å². The maximum atomic E-state index is 6.38. The lowest BCUT2D eigenvalue weighted by Gasteiger charge is -2.37. The van der Waals surface area contributed by atoms with Gasteiger partial charge in [-0.1, -0.05) is 17.7 Å². The highest BCUT2D eigenvalue weighted by atomic mass is 35.5. The maximum absolute atomic E-state index is 6.38. The van der Waals surface area contributed by atoms with E-state index in [0.29, 0.717) is 6.04 Å². The number of rotatable bonds is 5. The molecule has 1 aromatic carbocycles. The van der Waals surface area contributed by atoms with E-state index in [4.69, 9.17) is 11.6 Å². The molecule has 0 aliphatic heterocycles. The maximum Gasteiger partial charge on any atom is 0.0471 e. The van der Waals surface area contributed by atoms with Gasteiger partial charge in [-0.05, 0) is 44.2 Å². The van der Waals surface area contributed by atoms with Crippen molar-refractivity contribution in [1.82, 2.24) is 5.32 Å². The third kappa shape index (κ3) is 2.50. The second-order valence-corrected chi connectivity index (χ2v) is 6.00. The molecule has 0 bridgehead atoms. The van der Waals surface area contributed by atoms with Gasteiger partial charge in [0, 0.05) is 41.9 Å². The molecular weight excluding hydrogens is 244 g/mol. The van der Waals surface area contributed by atoms with Gasteiger partial charge in [0.05, 0.1) is 0 Å². The molecule has 0 amide bonds. The molecule has 0 saturated heterocycles. The number of hydrogen-bond donors (Lipinski definition) is 1. The van der Waals surface area contributed by atoms with Crippen LogP contribution >= 0.6 is 11.6 Å². The molecule has 1 N–H and O–H groups in total. The molecular formula is C15H21ClN2. The molecule has 0 aromatic heterocycles. The molecule has 2 saturated carbocycles. The van der Waals surface area contributed by atoms with Gasteiger partial charge in [0.1, 0.15) is 0 Å². The Morgan fingerprint density at radius 2 is 2.06 bits per heavy atom. The van der Waals surface area contributed by atoms with E-state index in [1.165, 1.54) is 43.4 Å². The minimum absolute atomic E-state index is 0.711. The van der Waals surface area contributed by atoms with Crippen molar-refractivity contribution in [3.63, 3.8) is 0 Å². The molecule has 0 spiro atoms. The summed E-state index contributed by atoms with van der Waals surface area (Å²) in [5, 5.41) is 4.47. The highest BCUT2D eigenvalue weighted by Gasteiger charge is 2.25. The minimum atomic E-state index is 0.711. The number of hydrogen-bond acceptors (Lipinski definition) is 2. The average Bonchev–Trinajstić information content (AvgIpc) is 3.08. The SMILES string of the molecule is CN(c1cccc(Cl)c1CNC1CC1)C1CCC1. The molecule has 0 heterocycles. The van der Waals surface area contributed by atoms with Crippen LogP contribution < -0.4 is 10.2 Å². The average molecular weight is 265 g/mol. The van der Waals surface area contributed by atoms with Crippen LogP contribution in [-0.4, -0.2) is 19.1 Å². The van der Waals surface area contributed by atoms with Gasteiger partial charge in [0.25, 0.3) is 0 Å². The lowest BCUT2D eigenvalue weighted by molar-refractivity contribution is 0.400. The Morgan fingerprint density at radius 1 is 1.28 bits per heavy atom. The van der Waals surface area contributed by atoms with Gasteiger partial charge in [-0.3, -0.25) is 0 Å². The van der Waals surface area contributed by atoms with Crippen LogP contribution in [-0.2, 0) is 6.54 Å². The molecule has 0 radical (unpaired) electrons. The zero-order valence-electron chi connectivity index (χ0n) is 11.0. The third-order valence-corrected chi connectivity index (χ3v) is 4.60. The lowest BCUT2D eigenvalue weighted by atomic mass is 9.91. The number of anilines is 1. The molecule has 1 aromatic rings. The Labute approximate surface area is 114 Å². The van der Waals surface area contributed by atoms with Crippen LogP contribution in [0.5, 0.6) is 0 Å². The van der Waals surface area contributed by atoms with E-state index in [-0.39, 0.29) is 0 Å². The second-order valence-electron chi connectivity index (χ2n) is 5.59. The Hall–Kier alpha value is -0.730. The number of nitrogens with one attached hydrogen (secondary N) is 1. The molecule has 0 unspecified atom stereocenters.